The van der Waals surface area contributed by atoms with Crippen LogP contribution in [-0.4, -0.2) is 45.2 Å². The van der Waals surface area contributed by atoms with Crippen LogP contribution in [-0.2, 0) is 0 Å². The highest BCUT2D eigenvalue weighted by atomic mass is 16.1. The van der Waals surface area contributed by atoms with Crippen molar-refractivity contribution in [1.82, 2.24) is 25.5 Å². The molecule has 1 amide bonds. The van der Waals surface area contributed by atoms with Crippen molar-refractivity contribution >= 4 is 11.9 Å². The maximum Gasteiger partial charge on any atom is 0.254 e. The Labute approximate surface area is 116 Å². The van der Waals surface area contributed by atoms with Crippen molar-refractivity contribution in [2.24, 2.45) is 0 Å². The topological polar surface area (TPSA) is 86.8 Å². The third-order valence-corrected chi connectivity index (χ3v) is 3.35. The molecule has 0 radical (unpaired) electrons. The van der Waals surface area contributed by atoms with Crippen LogP contribution in [0, 0.1) is 0 Å². The Kier molecular flexibility index (Phi) is 3.58. The highest BCUT2D eigenvalue weighted by Gasteiger charge is 2.23. The summed E-state index contributed by atoms with van der Waals surface area (Å²) in [5.41, 5.74) is 0.554. The largest absolute Gasteiger partial charge is 0.347 e. The van der Waals surface area contributed by atoms with Crippen molar-refractivity contribution in [1.29, 1.82) is 0 Å². The molecule has 1 aliphatic rings. The van der Waals surface area contributed by atoms with Gasteiger partial charge >= 0.3 is 0 Å². The van der Waals surface area contributed by atoms with E-state index in [2.05, 4.69) is 30.4 Å². The molecule has 1 unspecified atom stereocenters. The first-order valence-corrected chi connectivity index (χ1v) is 6.64. The first-order valence-electron chi connectivity index (χ1n) is 6.64. The summed E-state index contributed by atoms with van der Waals surface area (Å²) in [6.45, 7) is 1.65. The molecule has 3 rings (SSSR count). The summed E-state index contributed by atoms with van der Waals surface area (Å²) in [4.78, 5) is 22.6. The molecule has 0 spiro atoms. The van der Waals surface area contributed by atoms with Crippen LogP contribution in [0.5, 0.6) is 0 Å². The molecule has 0 bridgehead atoms. The second-order valence-electron chi connectivity index (χ2n) is 4.79. The zero-order valence-electron chi connectivity index (χ0n) is 11.0. The number of aromatic nitrogens is 4. The van der Waals surface area contributed by atoms with Gasteiger partial charge in [-0.05, 0) is 18.9 Å². The van der Waals surface area contributed by atoms with Crippen LogP contribution >= 0.6 is 0 Å². The molecule has 3 heterocycles. The standard InChI is InChI=1S/C13H16N6O/c20-12(10-7-16-17-8-10)18-11-3-1-6-19(9-11)13-14-4-2-5-15-13/h2,4-5,7-8,11H,1,3,6,9H2,(H,16,17)(H,18,20). The number of H-pyrrole nitrogens is 1. The molecule has 0 aliphatic carbocycles. The van der Waals surface area contributed by atoms with E-state index in [0.29, 0.717) is 5.56 Å². The molecule has 1 aliphatic heterocycles. The van der Waals surface area contributed by atoms with Crippen molar-refractivity contribution in [2.45, 2.75) is 18.9 Å². The highest BCUT2D eigenvalue weighted by molar-refractivity contribution is 5.93. The van der Waals surface area contributed by atoms with Crippen molar-refractivity contribution in [3.05, 3.63) is 36.4 Å². The molecule has 7 nitrogen and oxygen atoms in total. The van der Waals surface area contributed by atoms with Crippen LogP contribution in [0.2, 0.25) is 0 Å². The quantitative estimate of drug-likeness (QED) is 0.854. The average molecular weight is 272 g/mol. The van der Waals surface area contributed by atoms with E-state index in [4.69, 9.17) is 0 Å². The van der Waals surface area contributed by atoms with Gasteiger partial charge in [-0.15, -0.1) is 0 Å². The maximum atomic E-state index is 12.0. The highest BCUT2D eigenvalue weighted by Crippen LogP contribution is 2.15. The fourth-order valence-corrected chi connectivity index (χ4v) is 2.37. The Morgan fingerprint density at radius 3 is 3.00 bits per heavy atom. The second-order valence-corrected chi connectivity index (χ2v) is 4.79. The number of nitrogens with zero attached hydrogens (tertiary/aromatic N) is 4. The van der Waals surface area contributed by atoms with Gasteiger partial charge in [-0.3, -0.25) is 9.89 Å². The second kappa shape index (κ2) is 5.68. The van der Waals surface area contributed by atoms with Crippen LogP contribution in [0.25, 0.3) is 0 Å². The third-order valence-electron chi connectivity index (χ3n) is 3.35. The van der Waals surface area contributed by atoms with E-state index in [-0.39, 0.29) is 11.9 Å². The zero-order valence-corrected chi connectivity index (χ0v) is 11.0. The monoisotopic (exact) mass is 272 g/mol. The Morgan fingerprint density at radius 2 is 2.25 bits per heavy atom. The number of piperidine rings is 1. The fourth-order valence-electron chi connectivity index (χ4n) is 2.37. The van der Waals surface area contributed by atoms with Gasteiger partial charge < -0.3 is 10.2 Å². The predicted molar refractivity (Wildman–Crippen MR) is 73.3 cm³/mol. The zero-order chi connectivity index (χ0) is 13.8. The number of amides is 1. The molecule has 1 atom stereocenters. The van der Waals surface area contributed by atoms with Gasteiger partial charge in [-0.1, -0.05) is 0 Å². The van der Waals surface area contributed by atoms with Gasteiger partial charge in [0.25, 0.3) is 5.91 Å². The summed E-state index contributed by atoms with van der Waals surface area (Å²) in [6, 6.07) is 1.90. The van der Waals surface area contributed by atoms with Crippen LogP contribution in [0.4, 0.5) is 5.95 Å². The third kappa shape index (κ3) is 2.76. The van der Waals surface area contributed by atoms with Gasteiger partial charge in [0.1, 0.15) is 0 Å². The fraction of sp³-hybridized carbons (Fsp3) is 0.385. The molecule has 2 N–H and O–H groups in total. The van der Waals surface area contributed by atoms with Gasteiger partial charge in [-0.25, -0.2) is 9.97 Å². The average Bonchev–Trinajstić information content (AvgIpc) is 3.03. The number of hydrogen-bond acceptors (Lipinski definition) is 5. The molecule has 2 aromatic rings. The van der Waals surface area contributed by atoms with Gasteiger partial charge in [0.2, 0.25) is 5.95 Å². The summed E-state index contributed by atoms with van der Waals surface area (Å²) in [6.07, 6.45) is 8.56. The van der Waals surface area contributed by atoms with Crippen LogP contribution < -0.4 is 10.2 Å². The molecule has 1 saturated heterocycles. The number of hydrogen-bond donors (Lipinski definition) is 2. The van der Waals surface area contributed by atoms with Crippen molar-refractivity contribution < 1.29 is 4.79 Å². The number of anilines is 1. The van der Waals surface area contributed by atoms with Crippen molar-refractivity contribution in [3.8, 4) is 0 Å². The van der Waals surface area contributed by atoms with E-state index in [1.54, 1.807) is 24.7 Å². The lowest BCUT2D eigenvalue weighted by Gasteiger charge is -2.32. The first kappa shape index (κ1) is 12.6. The number of nitrogens with one attached hydrogen (secondary N) is 2. The predicted octanol–water partition coefficient (Wildman–Crippen LogP) is 0.598. The summed E-state index contributed by atoms with van der Waals surface area (Å²) >= 11 is 0. The van der Waals surface area contributed by atoms with Crippen LogP contribution in [0.15, 0.2) is 30.9 Å². The van der Waals surface area contributed by atoms with E-state index in [1.165, 1.54) is 6.20 Å². The molecule has 1 fully saturated rings. The Morgan fingerprint density at radius 1 is 1.40 bits per heavy atom. The Bertz CT molecular complexity index is 556. The molecular formula is C13H16N6O. The lowest BCUT2D eigenvalue weighted by molar-refractivity contribution is 0.0933. The summed E-state index contributed by atoms with van der Waals surface area (Å²) in [5, 5.41) is 9.45. The minimum Gasteiger partial charge on any atom is -0.347 e. The van der Waals surface area contributed by atoms with Crippen molar-refractivity contribution in [2.75, 3.05) is 18.0 Å². The van der Waals surface area contributed by atoms with E-state index in [0.717, 1.165) is 31.9 Å². The van der Waals surface area contributed by atoms with Crippen LogP contribution in [0.1, 0.15) is 23.2 Å². The maximum absolute atomic E-state index is 12.0. The molecule has 20 heavy (non-hydrogen) atoms. The molecule has 0 saturated carbocycles. The van der Waals surface area contributed by atoms with Crippen LogP contribution in [0.3, 0.4) is 0 Å². The number of rotatable bonds is 3. The smallest absolute Gasteiger partial charge is 0.254 e. The summed E-state index contributed by atoms with van der Waals surface area (Å²) in [5.74, 6) is 0.620. The Hall–Kier alpha value is -2.44. The lowest BCUT2D eigenvalue weighted by Crippen LogP contribution is -2.48. The first-order chi connectivity index (χ1) is 9.83. The minimum atomic E-state index is -0.0976. The molecule has 104 valence electrons. The van der Waals surface area contributed by atoms with E-state index in [1.807, 2.05) is 0 Å². The van der Waals surface area contributed by atoms with Gasteiger partial charge in [0.05, 0.1) is 11.8 Å². The number of aromatic amines is 1. The summed E-state index contributed by atoms with van der Waals surface area (Å²) < 4.78 is 0. The van der Waals surface area contributed by atoms with E-state index in [9.17, 15) is 4.79 Å². The van der Waals surface area contributed by atoms with Gasteiger partial charge in [-0.2, -0.15) is 5.10 Å². The Balaban J connectivity index is 1.62. The molecule has 7 heteroatoms. The van der Waals surface area contributed by atoms with E-state index >= 15 is 0 Å². The molecule has 2 aromatic heterocycles. The molecular weight excluding hydrogens is 256 g/mol. The van der Waals surface area contributed by atoms with E-state index < -0.39 is 0 Å². The summed E-state index contributed by atoms with van der Waals surface area (Å²) in [7, 11) is 0. The molecule has 0 aromatic carbocycles. The number of carbonyl (C=O) groups is 1. The van der Waals surface area contributed by atoms with Crippen molar-refractivity contribution in [3.63, 3.8) is 0 Å². The SMILES string of the molecule is O=C(NC1CCCN(c2ncccn2)C1)c1cn[nH]c1. The van der Waals surface area contributed by atoms with Gasteiger partial charge in [0, 0.05) is 37.7 Å². The number of carbonyl (C=O) groups excluding carboxylic acids is 1. The van der Waals surface area contributed by atoms with Gasteiger partial charge in [0.15, 0.2) is 0 Å². The lowest BCUT2D eigenvalue weighted by atomic mass is 10.1. The normalized spacial score (nSPS) is 18.8. The minimum absolute atomic E-state index is 0.0976.